The van der Waals surface area contributed by atoms with Gasteiger partial charge in [0.25, 0.3) is 11.7 Å². The molecule has 4 rings (SSSR count). The van der Waals surface area contributed by atoms with Gasteiger partial charge in [0.2, 0.25) is 5.75 Å². The zero-order chi connectivity index (χ0) is 18.6. The van der Waals surface area contributed by atoms with Crippen LogP contribution in [-0.2, 0) is 4.79 Å². The largest absolute Gasteiger partial charge is 0.492 e. The highest BCUT2D eigenvalue weighted by atomic mass is 16.5. The molecule has 0 radical (unpaired) electrons. The fourth-order valence-electron chi connectivity index (χ4n) is 3.69. The molecule has 132 valence electrons. The van der Waals surface area contributed by atoms with Crippen LogP contribution < -0.4 is 19.1 Å². The van der Waals surface area contributed by atoms with Crippen LogP contribution >= 0.6 is 0 Å². The monoisotopic (exact) mass is 351 g/mol. The van der Waals surface area contributed by atoms with Crippen molar-refractivity contribution in [2.45, 2.75) is 0 Å². The lowest BCUT2D eigenvalue weighted by Gasteiger charge is -2.29. The lowest BCUT2D eigenvalue weighted by Crippen LogP contribution is -2.37. The molecule has 6 heteroatoms. The molecule has 0 fully saturated rings. The molecule has 3 aromatic rings. The van der Waals surface area contributed by atoms with E-state index in [1.165, 1.54) is 19.1 Å². The summed E-state index contributed by atoms with van der Waals surface area (Å²) in [5.74, 6) is -0.264. The summed E-state index contributed by atoms with van der Waals surface area (Å²) < 4.78 is 16.6. The Balaban J connectivity index is 2.39. The van der Waals surface area contributed by atoms with Crippen molar-refractivity contribution in [2.24, 2.45) is 0 Å². The zero-order valence-corrected chi connectivity index (χ0v) is 14.9. The smallest absolute Gasteiger partial charge is 0.299 e. The SMILES string of the molecule is COc1c(OC)c(OC)c2c3c(cc4ccccc42)N(C)C(=O)C(=O)c13. The first-order valence-electron chi connectivity index (χ1n) is 8.04. The van der Waals surface area contributed by atoms with Crippen LogP contribution in [0.5, 0.6) is 17.2 Å². The molecule has 1 heterocycles. The van der Waals surface area contributed by atoms with E-state index in [0.717, 1.165) is 16.2 Å². The third-order valence-electron chi connectivity index (χ3n) is 4.84. The highest BCUT2D eigenvalue weighted by Crippen LogP contribution is 2.53. The molecule has 1 amide bonds. The van der Waals surface area contributed by atoms with Crippen molar-refractivity contribution in [3.05, 3.63) is 35.9 Å². The third-order valence-corrected chi connectivity index (χ3v) is 4.84. The quantitative estimate of drug-likeness (QED) is 0.536. The van der Waals surface area contributed by atoms with Crippen LogP contribution in [0.3, 0.4) is 0 Å². The topological polar surface area (TPSA) is 65.1 Å². The number of carbonyl (C=O) groups is 2. The highest BCUT2D eigenvalue weighted by molar-refractivity contribution is 6.53. The normalized spacial score (nSPS) is 13.5. The third kappa shape index (κ3) is 1.87. The summed E-state index contributed by atoms with van der Waals surface area (Å²) in [5, 5.41) is 3.19. The van der Waals surface area contributed by atoms with Gasteiger partial charge in [0.05, 0.1) is 32.6 Å². The standard InChI is InChI=1S/C20H17NO5/c1-21-12-9-10-7-5-6-8-11(10)13-14(12)15(16(22)20(21)23)18(25-3)19(26-4)17(13)24-2/h5-9H,1-4H3. The van der Waals surface area contributed by atoms with Crippen molar-refractivity contribution in [3.63, 3.8) is 0 Å². The number of fused-ring (bicyclic) bond motifs is 2. The Labute approximate surface area is 149 Å². The number of hydrogen-bond donors (Lipinski definition) is 0. The molecule has 0 aromatic heterocycles. The number of nitrogens with zero attached hydrogens (tertiary/aromatic N) is 1. The van der Waals surface area contributed by atoms with E-state index >= 15 is 0 Å². The molecule has 0 N–H and O–H groups in total. The van der Waals surface area contributed by atoms with Crippen molar-refractivity contribution >= 4 is 38.9 Å². The van der Waals surface area contributed by atoms with Gasteiger partial charge in [0.1, 0.15) is 0 Å². The number of carbonyl (C=O) groups excluding carboxylic acids is 2. The van der Waals surface area contributed by atoms with Crippen molar-refractivity contribution in [1.82, 2.24) is 0 Å². The first-order chi connectivity index (χ1) is 12.5. The minimum Gasteiger partial charge on any atom is -0.492 e. The van der Waals surface area contributed by atoms with Gasteiger partial charge in [-0.25, -0.2) is 0 Å². The molecule has 26 heavy (non-hydrogen) atoms. The number of amides is 1. The van der Waals surface area contributed by atoms with Gasteiger partial charge < -0.3 is 19.1 Å². The minimum absolute atomic E-state index is 0.208. The van der Waals surface area contributed by atoms with Gasteiger partial charge in [-0.1, -0.05) is 24.3 Å². The predicted octanol–water partition coefficient (Wildman–Crippen LogP) is 3.18. The summed E-state index contributed by atoms with van der Waals surface area (Å²) >= 11 is 0. The number of Topliss-reactive ketones (excluding diaryl/α,β-unsaturated/α-hetero) is 1. The Hall–Kier alpha value is -3.28. The van der Waals surface area contributed by atoms with Gasteiger partial charge in [-0.15, -0.1) is 0 Å². The molecule has 1 aliphatic heterocycles. The zero-order valence-electron chi connectivity index (χ0n) is 14.9. The maximum atomic E-state index is 12.8. The number of likely N-dealkylation sites (N-methyl/N-ethyl adjacent to an activating group) is 1. The average Bonchev–Trinajstić information content (AvgIpc) is 2.68. The van der Waals surface area contributed by atoms with Gasteiger partial charge >= 0.3 is 0 Å². The molecule has 0 aliphatic carbocycles. The number of methoxy groups -OCH3 is 3. The van der Waals surface area contributed by atoms with Crippen LogP contribution in [0.2, 0.25) is 0 Å². The Morgan fingerprint density at radius 1 is 0.846 bits per heavy atom. The number of ether oxygens (including phenoxy) is 3. The van der Waals surface area contributed by atoms with Crippen molar-refractivity contribution < 1.29 is 23.8 Å². The van der Waals surface area contributed by atoms with Gasteiger partial charge in [0, 0.05) is 17.8 Å². The van der Waals surface area contributed by atoms with E-state index in [-0.39, 0.29) is 11.3 Å². The summed E-state index contributed by atoms with van der Waals surface area (Å²) in [6.07, 6.45) is 0. The van der Waals surface area contributed by atoms with E-state index in [2.05, 4.69) is 0 Å². The fraction of sp³-hybridized carbons (Fsp3) is 0.200. The van der Waals surface area contributed by atoms with Gasteiger partial charge in [-0.05, 0) is 16.8 Å². The van der Waals surface area contributed by atoms with Crippen molar-refractivity contribution in [1.29, 1.82) is 0 Å². The highest BCUT2D eigenvalue weighted by Gasteiger charge is 2.38. The van der Waals surface area contributed by atoms with E-state index in [4.69, 9.17) is 14.2 Å². The van der Waals surface area contributed by atoms with Crippen LogP contribution in [0.4, 0.5) is 5.69 Å². The van der Waals surface area contributed by atoms with Gasteiger partial charge in [-0.2, -0.15) is 0 Å². The van der Waals surface area contributed by atoms with Gasteiger partial charge in [0.15, 0.2) is 11.5 Å². The van der Waals surface area contributed by atoms with Crippen LogP contribution in [0.15, 0.2) is 30.3 Å². The summed E-state index contributed by atoms with van der Waals surface area (Å²) in [7, 11) is 6.05. The fourth-order valence-corrected chi connectivity index (χ4v) is 3.69. The van der Waals surface area contributed by atoms with E-state index in [9.17, 15) is 9.59 Å². The molecule has 0 spiro atoms. The Bertz CT molecular complexity index is 1100. The number of anilines is 1. The minimum atomic E-state index is -0.627. The lowest BCUT2D eigenvalue weighted by atomic mass is 9.89. The average molecular weight is 351 g/mol. The number of benzene rings is 3. The maximum Gasteiger partial charge on any atom is 0.299 e. The molecule has 0 saturated heterocycles. The molecule has 0 unspecified atom stereocenters. The van der Waals surface area contributed by atoms with Crippen LogP contribution in [-0.4, -0.2) is 40.1 Å². The first kappa shape index (κ1) is 16.2. The second kappa shape index (κ2) is 5.62. The Kier molecular flexibility index (Phi) is 3.50. The molecule has 6 nitrogen and oxygen atoms in total. The number of rotatable bonds is 3. The summed E-state index contributed by atoms with van der Waals surface area (Å²) in [6.45, 7) is 0. The van der Waals surface area contributed by atoms with E-state index < -0.39 is 11.7 Å². The molecule has 0 bridgehead atoms. The maximum absolute atomic E-state index is 12.8. The van der Waals surface area contributed by atoms with E-state index in [1.807, 2.05) is 30.3 Å². The summed E-state index contributed by atoms with van der Waals surface area (Å²) in [4.78, 5) is 26.7. The molecule has 3 aromatic carbocycles. The summed E-state index contributed by atoms with van der Waals surface area (Å²) in [6, 6.07) is 9.64. The van der Waals surface area contributed by atoms with E-state index in [1.54, 1.807) is 14.2 Å². The van der Waals surface area contributed by atoms with Crippen LogP contribution in [0.25, 0.3) is 21.5 Å². The Morgan fingerprint density at radius 3 is 2.15 bits per heavy atom. The predicted molar refractivity (Wildman–Crippen MR) is 98.9 cm³/mol. The van der Waals surface area contributed by atoms with Gasteiger partial charge in [-0.3, -0.25) is 9.59 Å². The van der Waals surface area contributed by atoms with E-state index in [0.29, 0.717) is 22.6 Å². The second-order valence-corrected chi connectivity index (χ2v) is 6.03. The number of ketones is 1. The van der Waals surface area contributed by atoms with Crippen molar-refractivity contribution in [2.75, 3.05) is 33.3 Å². The van der Waals surface area contributed by atoms with Crippen LogP contribution in [0.1, 0.15) is 10.4 Å². The molecule has 0 atom stereocenters. The second-order valence-electron chi connectivity index (χ2n) is 6.03. The molecule has 0 saturated carbocycles. The lowest BCUT2D eigenvalue weighted by molar-refractivity contribution is -0.114. The Morgan fingerprint density at radius 2 is 1.50 bits per heavy atom. The summed E-state index contributed by atoms with van der Waals surface area (Å²) in [5.41, 5.74) is 0.849. The molecular formula is C20H17NO5. The number of hydrogen-bond acceptors (Lipinski definition) is 5. The molecule has 1 aliphatic rings. The first-order valence-corrected chi connectivity index (χ1v) is 8.04. The van der Waals surface area contributed by atoms with Crippen LogP contribution in [0, 0.1) is 0 Å². The van der Waals surface area contributed by atoms with Crippen molar-refractivity contribution in [3.8, 4) is 17.2 Å². The molecular weight excluding hydrogens is 334 g/mol.